The molecular weight excluding hydrogens is 478 g/mol. The number of ether oxygens (including phenoxy) is 1. The maximum absolute atomic E-state index is 13.5. The number of methoxy groups -OCH3 is 1. The van der Waals surface area contributed by atoms with Crippen LogP contribution in [-0.2, 0) is 17.8 Å². The number of hydroxylamine groups is 2. The van der Waals surface area contributed by atoms with E-state index in [-0.39, 0.29) is 18.9 Å². The fourth-order valence-corrected chi connectivity index (χ4v) is 4.67. The molecule has 2 heterocycles. The van der Waals surface area contributed by atoms with Gasteiger partial charge in [0.05, 0.1) is 25.6 Å². The molecule has 5 aromatic rings. The quantitative estimate of drug-likeness (QED) is 0.229. The highest BCUT2D eigenvalue weighted by Gasteiger charge is 2.24. The second kappa shape index (κ2) is 9.53. The molecule has 1 amide bonds. The number of hydrogen-bond acceptors (Lipinski definition) is 4. The Labute approximate surface area is 212 Å². The summed E-state index contributed by atoms with van der Waals surface area (Å²) in [7, 11) is 1.56. The van der Waals surface area contributed by atoms with Crippen molar-refractivity contribution in [3.8, 4) is 5.75 Å². The van der Waals surface area contributed by atoms with E-state index in [2.05, 4.69) is 4.98 Å². The van der Waals surface area contributed by atoms with E-state index in [1.807, 2.05) is 30.5 Å². The van der Waals surface area contributed by atoms with Gasteiger partial charge in [0.15, 0.2) is 0 Å². The number of nitrogens with zero attached hydrogens (tertiary/aromatic N) is 2. The van der Waals surface area contributed by atoms with Gasteiger partial charge in [-0.25, -0.2) is 5.06 Å². The van der Waals surface area contributed by atoms with Crippen LogP contribution in [0.1, 0.15) is 27.3 Å². The minimum atomic E-state index is -0.488. The summed E-state index contributed by atoms with van der Waals surface area (Å²) in [6.07, 6.45) is 1.75. The van der Waals surface area contributed by atoms with Gasteiger partial charge < -0.3 is 9.72 Å². The van der Waals surface area contributed by atoms with Crippen molar-refractivity contribution in [2.45, 2.75) is 19.9 Å². The summed E-state index contributed by atoms with van der Waals surface area (Å²) < 4.78 is 6.97. The second-order valence-corrected chi connectivity index (χ2v) is 9.01. The predicted molar refractivity (Wildman–Crippen MR) is 139 cm³/mol. The Morgan fingerprint density at radius 3 is 2.56 bits per heavy atom. The van der Waals surface area contributed by atoms with E-state index in [0.717, 1.165) is 16.5 Å². The van der Waals surface area contributed by atoms with Crippen LogP contribution in [-0.4, -0.2) is 38.7 Å². The number of rotatable bonds is 6. The number of benzene rings is 3. The molecule has 7 nitrogen and oxygen atoms in total. The molecule has 0 fully saturated rings. The zero-order chi connectivity index (χ0) is 25.4. The van der Waals surface area contributed by atoms with Gasteiger partial charge in [0.25, 0.3) is 11.8 Å². The van der Waals surface area contributed by atoms with Crippen molar-refractivity contribution in [2.24, 2.45) is 0 Å². The minimum absolute atomic E-state index is 0.0110. The van der Waals surface area contributed by atoms with Crippen LogP contribution in [0.2, 0.25) is 5.02 Å². The molecule has 0 saturated carbocycles. The Morgan fingerprint density at radius 2 is 1.81 bits per heavy atom. The molecule has 2 N–H and O–H groups in total. The first-order valence-electron chi connectivity index (χ1n) is 11.4. The molecule has 8 heteroatoms. The standard InChI is InChI=1S/C28H24ClN3O4/c1-17-23(14-27(33)31(35)16-25-22-6-4-3-5-19(22)15-30-25)24-13-21(36-2)11-12-26(24)32(17)28(34)18-7-9-20(29)10-8-18/h3-13,15,30,35H,14,16H2,1-2H3. The summed E-state index contributed by atoms with van der Waals surface area (Å²) in [6.45, 7) is 1.81. The molecule has 0 atom stereocenters. The number of carbonyl (C=O) groups is 2. The number of aromatic amines is 1. The third-order valence-corrected chi connectivity index (χ3v) is 6.70. The molecule has 0 aliphatic rings. The van der Waals surface area contributed by atoms with Gasteiger partial charge in [-0.2, -0.15) is 0 Å². The molecule has 3 aromatic carbocycles. The Morgan fingerprint density at radius 1 is 1.06 bits per heavy atom. The molecule has 0 saturated heterocycles. The van der Waals surface area contributed by atoms with Crippen molar-refractivity contribution >= 4 is 45.1 Å². The number of carbonyl (C=O) groups excluding carboxylic acids is 2. The highest BCUT2D eigenvalue weighted by molar-refractivity contribution is 6.30. The lowest BCUT2D eigenvalue weighted by Gasteiger charge is -2.15. The topological polar surface area (TPSA) is 87.6 Å². The van der Waals surface area contributed by atoms with Crippen molar-refractivity contribution in [3.63, 3.8) is 0 Å². The molecule has 5 rings (SSSR count). The summed E-state index contributed by atoms with van der Waals surface area (Å²) in [5, 5.41) is 14.5. The van der Waals surface area contributed by atoms with Gasteiger partial charge in [0.2, 0.25) is 0 Å². The second-order valence-electron chi connectivity index (χ2n) is 8.58. The van der Waals surface area contributed by atoms with Crippen LogP contribution in [0.15, 0.2) is 72.9 Å². The van der Waals surface area contributed by atoms with E-state index in [0.29, 0.717) is 43.6 Å². The average molecular weight is 502 g/mol. The number of fused-ring (bicyclic) bond motifs is 2. The number of halogens is 1. The molecular formula is C28H24ClN3O4. The van der Waals surface area contributed by atoms with Crippen LogP contribution >= 0.6 is 11.6 Å². The monoisotopic (exact) mass is 501 g/mol. The lowest BCUT2D eigenvalue weighted by atomic mass is 10.1. The van der Waals surface area contributed by atoms with E-state index in [9.17, 15) is 14.8 Å². The number of hydrogen-bond donors (Lipinski definition) is 2. The zero-order valence-corrected chi connectivity index (χ0v) is 20.5. The third kappa shape index (κ3) is 4.23. The number of aromatic nitrogens is 2. The minimum Gasteiger partial charge on any atom is -0.497 e. The smallest absolute Gasteiger partial charge is 0.262 e. The van der Waals surface area contributed by atoms with Crippen LogP contribution in [0.5, 0.6) is 5.75 Å². The normalized spacial score (nSPS) is 11.2. The Balaban J connectivity index is 1.50. The van der Waals surface area contributed by atoms with E-state index >= 15 is 0 Å². The first-order chi connectivity index (χ1) is 17.4. The van der Waals surface area contributed by atoms with Crippen LogP contribution in [0, 0.1) is 6.92 Å². The van der Waals surface area contributed by atoms with Crippen molar-refractivity contribution in [3.05, 3.63) is 100 Å². The van der Waals surface area contributed by atoms with E-state index in [1.165, 1.54) is 0 Å². The molecule has 0 unspecified atom stereocenters. The van der Waals surface area contributed by atoms with E-state index in [1.54, 1.807) is 61.1 Å². The first-order valence-corrected chi connectivity index (χ1v) is 11.8. The lowest BCUT2D eigenvalue weighted by molar-refractivity contribution is -0.167. The highest BCUT2D eigenvalue weighted by Crippen LogP contribution is 2.31. The fraction of sp³-hybridized carbons (Fsp3) is 0.143. The van der Waals surface area contributed by atoms with Gasteiger partial charge in [0, 0.05) is 38.9 Å². The number of nitrogens with one attached hydrogen (secondary N) is 1. The Kier molecular flexibility index (Phi) is 6.26. The van der Waals surface area contributed by atoms with Gasteiger partial charge in [-0.3, -0.25) is 19.4 Å². The maximum Gasteiger partial charge on any atom is 0.262 e. The highest BCUT2D eigenvalue weighted by atomic mass is 35.5. The molecule has 2 aromatic heterocycles. The molecule has 0 bridgehead atoms. The summed E-state index contributed by atoms with van der Waals surface area (Å²) in [6, 6.07) is 19.8. The molecule has 0 aliphatic carbocycles. The van der Waals surface area contributed by atoms with Gasteiger partial charge in [0.1, 0.15) is 5.75 Å². The van der Waals surface area contributed by atoms with Crippen LogP contribution in [0.4, 0.5) is 0 Å². The fourth-order valence-electron chi connectivity index (χ4n) is 4.55. The van der Waals surface area contributed by atoms with Gasteiger partial charge in [-0.15, -0.1) is 0 Å². The van der Waals surface area contributed by atoms with Crippen LogP contribution < -0.4 is 4.74 Å². The third-order valence-electron chi connectivity index (χ3n) is 6.45. The first kappa shape index (κ1) is 23.7. The van der Waals surface area contributed by atoms with Crippen molar-refractivity contribution in [2.75, 3.05) is 7.11 Å². The Bertz CT molecular complexity index is 1600. The zero-order valence-electron chi connectivity index (χ0n) is 19.8. The molecule has 36 heavy (non-hydrogen) atoms. The van der Waals surface area contributed by atoms with E-state index in [4.69, 9.17) is 16.3 Å². The largest absolute Gasteiger partial charge is 0.497 e. The van der Waals surface area contributed by atoms with Crippen molar-refractivity contribution in [1.82, 2.24) is 14.6 Å². The van der Waals surface area contributed by atoms with Gasteiger partial charge in [-0.1, -0.05) is 35.9 Å². The molecule has 182 valence electrons. The number of amides is 1. The molecule has 0 radical (unpaired) electrons. The van der Waals surface area contributed by atoms with Crippen molar-refractivity contribution < 1.29 is 19.5 Å². The summed E-state index contributed by atoms with van der Waals surface area (Å²) in [5.74, 6) is -0.125. The average Bonchev–Trinajstić information content (AvgIpc) is 3.42. The maximum atomic E-state index is 13.5. The molecule has 0 spiro atoms. The van der Waals surface area contributed by atoms with Crippen molar-refractivity contribution in [1.29, 1.82) is 0 Å². The lowest BCUT2D eigenvalue weighted by Crippen LogP contribution is -2.29. The Hall–Kier alpha value is -4.07. The summed E-state index contributed by atoms with van der Waals surface area (Å²) in [4.78, 5) is 29.7. The molecule has 0 aliphatic heterocycles. The van der Waals surface area contributed by atoms with E-state index < -0.39 is 5.91 Å². The van der Waals surface area contributed by atoms with Gasteiger partial charge >= 0.3 is 0 Å². The number of H-pyrrole nitrogens is 1. The SMILES string of the molecule is COc1ccc2c(c1)c(CC(=O)N(O)Cc1[nH]cc3ccccc13)c(C)n2C(=O)c1ccc(Cl)cc1. The summed E-state index contributed by atoms with van der Waals surface area (Å²) >= 11 is 6.00. The van der Waals surface area contributed by atoms with Crippen LogP contribution in [0.25, 0.3) is 21.7 Å². The predicted octanol–water partition coefficient (Wildman–Crippen LogP) is 5.74. The summed E-state index contributed by atoms with van der Waals surface area (Å²) in [5.41, 5.74) is 3.11. The van der Waals surface area contributed by atoms with Gasteiger partial charge in [-0.05, 0) is 60.3 Å². The van der Waals surface area contributed by atoms with Crippen LogP contribution in [0.3, 0.4) is 0 Å².